The van der Waals surface area contributed by atoms with E-state index < -0.39 is 0 Å². The van der Waals surface area contributed by atoms with Gasteiger partial charge in [-0.25, -0.2) is 0 Å². The van der Waals surface area contributed by atoms with E-state index in [1.54, 1.807) is 24.1 Å². The molecule has 0 bridgehead atoms. The minimum atomic E-state index is -0.0175. The predicted molar refractivity (Wildman–Crippen MR) is 63.6 cm³/mol. The van der Waals surface area contributed by atoms with Gasteiger partial charge in [0.25, 0.3) is 5.91 Å². The maximum absolute atomic E-state index is 11.9. The van der Waals surface area contributed by atoms with Crippen LogP contribution in [0.2, 0.25) is 0 Å². The normalized spacial score (nSPS) is 10.1. The lowest BCUT2D eigenvalue weighted by atomic mass is 10.2. The van der Waals surface area contributed by atoms with E-state index in [4.69, 9.17) is 5.11 Å². The van der Waals surface area contributed by atoms with Crippen molar-refractivity contribution in [2.45, 2.75) is 6.42 Å². The smallest absolute Gasteiger partial charge is 0.253 e. The van der Waals surface area contributed by atoms with Crippen molar-refractivity contribution in [2.75, 3.05) is 27.2 Å². The Balaban J connectivity index is 2.53. The van der Waals surface area contributed by atoms with E-state index in [0.717, 1.165) is 19.5 Å². The molecule has 0 saturated carbocycles. The van der Waals surface area contributed by atoms with Gasteiger partial charge in [-0.2, -0.15) is 0 Å². The van der Waals surface area contributed by atoms with Crippen LogP contribution in [0.4, 0.5) is 0 Å². The van der Waals surface area contributed by atoms with Crippen LogP contribution in [-0.2, 0) is 0 Å². The standard InChI is InChI=1S/C12H18N2O2/c1-13-8-3-9-14(2)12(16)10-4-6-11(15)7-5-10/h4-7,13,15H,3,8-9H2,1-2H3. The Hall–Kier alpha value is -1.55. The molecule has 0 aliphatic heterocycles. The van der Waals surface area contributed by atoms with Crippen LogP contribution in [0.25, 0.3) is 0 Å². The maximum Gasteiger partial charge on any atom is 0.253 e. The molecular weight excluding hydrogens is 204 g/mol. The lowest BCUT2D eigenvalue weighted by Crippen LogP contribution is -2.29. The number of benzene rings is 1. The Morgan fingerprint density at radius 3 is 2.56 bits per heavy atom. The van der Waals surface area contributed by atoms with E-state index in [2.05, 4.69) is 5.32 Å². The van der Waals surface area contributed by atoms with Gasteiger partial charge in [0.15, 0.2) is 0 Å². The lowest BCUT2D eigenvalue weighted by Gasteiger charge is -2.17. The summed E-state index contributed by atoms with van der Waals surface area (Å²) < 4.78 is 0. The summed E-state index contributed by atoms with van der Waals surface area (Å²) in [5.74, 6) is 0.158. The topological polar surface area (TPSA) is 52.6 Å². The third-order valence-corrected chi connectivity index (χ3v) is 2.38. The first-order valence-electron chi connectivity index (χ1n) is 5.34. The molecule has 4 heteroatoms. The Kier molecular flexibility index (Phi) is 4.79. The monoisotopic (exact) mass is 222 g/mol. The van der Waals surface area contributed by atoms with Crippen molar-refractivity contribution in [3.63, 3.8) is 0 Å². The fourth-order valence-corrected chi connectivity index (χ4v) is 1.42. The summed E-state index contributed by atoms with van der Waals surface area (Å²) in [7, 11) is 3.67. The highest BCUT2D eigenvalue weighted by molar-refractivity contribution is 5.94. The van der Waals surface area contributed by atoms with Crippen molar-refractivity contribution in [2.24, 2.45) is 0 Å². The second kappa shape index (κ2) is 6.12. The molecule has 0 aliphatic rings. The molecule has 0 aliphatic carbocycles. The fraction of sp³-hybridized carbons (Fsp3) is 0.417. The first kappa shape index (κ1) is 12.5. The second-order valence-corrected chi connectivity index (χ2v) is 3.73. The number of amides is 1. The Bertz CT molecular complexity index is 335. The van der Waals surface area contributed by atoms with Gasteiger partial charge in [-0.15, -0.1) is 0 Å². The van der Waals surface area contributed by atoms with Gasteiger partial charge in [0, 0.05) is 19.2 Å². The number of carbonyl (C=O) groups excluding carboxylic acids is 1. The summed E-state index contributed by atoms with van der Waals surface area (Å²) >= 11 is 0. The van der Waals surface area contributed by atoms with Gasteiger partial charge in [0.2, 0.25) is 0 Å². The van der Waals surface area contributed by atoms with Crippen molar-refractivity contribution < 1.29 is 9.90 Å². The zero-order valence-corrected chi connectivity index (χ0v) is 9.73. The molecule has 0 radical (unpaired) electrons. The Morgan fingerprint density at radius 2 is 2.00 bits per heavy atom. The van der Waals surface area contributed by atoms with Crippen LogP contribution in [0.5, 0.6) is 5.75 Å². The number of rotatable bonds is 5. The molecule has 1 aromatic carbocycles. The van der Waals surface area contributed by atoms with Crippen LogP contribution in [0.3, 0.4) is 0 Å². The Labute approximate surface area is 95.9 Å². The molecule has 88 valence electrons. The molecular formula is C12H18N2O2. The zero-order chi connectivity index (χ0) is 12.0. The molecule has 2 N–H and O–H groups in total. The molecule has 16 heavy (non-hydrogen) atoms. The van der Waals surface area contributed by atoms with Gasteiger partial charge in [-0.1, -0.05) is 0 Å². The van der Waals surface area contributed by atoms with E-state index in [1.165, 1.54) is 12.1 Å². The van der Waals surface area contributed by atoms with E-state index in [0.29, 0.717) is 5.56 Å². The van der Waals surface area contributed by atoms with E-state index in [1.807, 2.05) is 7.05 Å². The van der Waals surface area contributed by atoms with Crippen molar-refractivity contribution >= 4 is 5.91 Å². The summed E-state index contributed by atoms with van der Waals surface area (Å²) in [6.07, 6.45) is 0.927. The highest BCUT2D eigenvalue weighted by Crippen LogP contribution is 2.11. The average Bonchev–Trinajstić information content (AvgIpc) is 2.29. The van der Waals surface area contributed by atoms with Crippen LogP contribution in [0, 0.1) is 0 Å². The SMILES string of the molecule is CNCCCN(C)C(=O)c1ccc(O)cc1. The summed E-state index contributed by atoms with van der Waals surface area (Å²) in [4.78, 5) is 13.6. The second-order valence-electron chi connectivity index (χ2n) is 3.73. The number of hydrogen-bond acceptors (Lipinski definition) is 3. The van der Waals surface area contributed by atoms with Crippen molar-refractivity contribution in [3.05, 3.63) is 29.8 Å². The van der Waals surface area contributed by atoms with Crippen LogP contribution >= 0.6 is 0 Å². The molecule has 1 rings (SSSR count). The third-order valence-electron chi connectivity index (χ3n) is 2.38. The van der Waals surface area contributed by atoms with Gasteiger partial charge in [-0.05, 0) is 44.3 Å². The summed E-state index contributed by atoms with van der Waals surface area (Å²) in [6, 6.07) is 6.31. The lowest BCUT2D eigenvalue weighted by molar-refractivity contribution is 0.0794. The number of hydrogen-bond donors (Lipinski definition) is 2. The molecule has 0 saturated heterocycles. The molecule has 0 fully saturated rings. The number of nitrogens with zero attached hydrogens (tertiary/aromatic N) is 1. The minimum Gasteiger partial charge on any atom is -0.508 e. The van der Waals surface area contributed by atoms with Crippen LogP contribution in [-0.4, -0.2) is 43.1 Å². The molecule has 0 atom stereocenters. The predicted octanol–water partition coefficient (Wildman–Crippen LogP) is 1.07. The average molecular weight is 222 g/mol. The molecule has 1 amide bonds. The van der Waals surface area contributed by atoms with Crippen molar-refractivity contribution in [1.82, 2.24) is 10.2 Å². The van der Waals surface area contributed by atoms with Crippen LogP contribution < -0.4 is 5.32 Å². The summed E-state index contributed by atoms with van der Waals surface area (Å²) in [5.41, 5.74) is 0.602. The number of phenols is 1. The van der Waals surface area contributed by atoms with Gasteiger partial charge in [0.05, 0.1) is 0 Å². The summed E-state index contributed by atoms with van der Waals surface area (Å²) in [6.45, 7) is 1.62. The molecule has 0 heterocycles. The molecule has 0 aromatic heterocycles. The van der Waals surface area contributed by atoms with Crippen molar-refractivity contribution in [1.29, 1.82) is 0 Å². The summed E-state index contributed by atoms with van der Waals surface area (Å²) in [5, 5.41) is 12.2. The fourth-order valence-electron chi connectivity index (χ4n) is 1.42. The van der Waals surface area contributed by atoms with Gasteiger partial charge in [0.1, 0.15) is 5.75 Å². The first-order chi connectivity index (χ1) is 7.65. The zero-order valence-electron chi connectivity index (χ0n) is 9.73. The number of phenolic OH excluding ortho intramolecular Hbond substituents is 1. The minimum absolute atomic E-state index is 0.0175. The highest BCUT2D eigenvalue weighted by atomic mass is 16.3. The molecule has 1 aromatic rings. The molecule has 0 unspecified atom stereocenters. The molecule has 0 spiro atoms. The maximum atomic E-state index is 11.9. The number of nitrogens with one attached hydrogen (secondary N) is 1. The van der Waals surface area contributed by atoms with E-state index in [-0.39, 0.29) is 11.7 Å². The number of carbonyl (C=O) groups is 1. The first-order valence-corrected chi connectivity index (χ1v) is 5.34. The van der Waals surface area contributed by atoms with Gasteiger partial charge < -0.3 is 15.3 Å². The van der Waals surface area contributed by atoms with Gasteiger partial charge in [-0.3, -0.25) is 4.79 Å². The Morgan fingerprint density at radius 1 is 1.38 bits per heavy atom. The highest BCUT2D eigenvalue weighted by Gasteiger charge is 2.10. The van der Waals surface area contributed by atoms with E-state index in [9.17, 15) is 4.79 Å². The van der Waals surface area contributed by atoms with Crippen LogP contribution in [0.1, 0.15) is 16.8 Å². The molecule has 4 nitrogen and oxygen atoms in total. The van der Waals surface area contributed by atoms with Gasteiger partial charge >= 0.3 is 0 Å². The largest absolute Gasteiger partial charge is 0.508 e. The number of aromatic hydroxyl groups is 1. The van der Waals surface area contributed by atoms with Crippen molar-refractivity contribution in [3.8, 4) is 5.75 Å². The third kappa shape index (κ3) is 3.55. The quantitative estimate of drug-likeness (QED) is 0.733. The van der Waals surface area contributed by atoms with Crippen LogP contribution in [0.15, 0.2) is 24.3 Å². The van der Waals surface area contributed by atoms with E-state index >= 15 is 0 Å².